The van der Waals surface area contributed by atoms with Crippen molar-refractivity contribution < 1.29 is 22.3 Å². The summed E-state index contributed by atoms with van der Waals surface area (Å²) in [5.74, 6) is 1.18. The van der Waals surface area contributed by atoms with Crippen LogP contribution in [0.5, 0.6) is 11.5 Å². The summed E-state index contributed by atoms with van der Waals surface area (Å²) in [5.41, 5.74) is 1.76. The van der Waals surface area contributed by atoms with E-state index < -0.39 is 9.84 Å². The van der Waals surface area contributed by atoms with Gasteiger partial charge in [0, 0.05) is 18.2 Å². The van der Waals surface area contributed by atoms with Crippen LogP contribution in [0.4, 0.5) is 5.88 Å². The lowest BCUT2D eigenvalue weighted by Crippen LogP contribution is -2.16. The monoisotopic (exact) mass is 412 g/mol. The summed E-state index contributed by atoms with van der Waals surface area (Å²) in [6, 6.07) is 12.0. The third kappa shape index (κ3) is 3.71. The Morgan fingerprint density at radius 2 is 1.83 bits per heavy atom. The molecular weight excluding hydrogens is 392 g/mol. The summed E-state index contributed by atoms with van der Waals surface area (Å²) in [5, 5.41) is 2.73. The normalized spacial score (nSPS) is 13.1. The van der Waals surface area contributed by atoms with Gasteiger partial charge in [-0.3, -0.25) is 0 Å². The number of rotatable bonds is 6. The molecule has 1 aliphatic heterocycles. The van der Waals surface area contributed by atoms with Gasteiger partial charge >= 0.3 is 0 Å². The van der Waals surface area contributed by atoms with Gasteiger partial charge in [-0.1, -0.05) is 23.8 Å². The molecule has 1 aliphatic rings. The van der Waals surface area contributed by atoms with Crippen molar-refractivity contribution in [2.24, 2.45) is 0 Å². The van der Waals surface area contributed by atoms with Gasteiger partial charge in [-0.15, -0.1) is 6.58 Å². The van der Waals surface area contributed by atoms with Gasteiger partial charge in [0.2, 0.25) is 26.6 Å². The molecule has 2 heterocycles. The highest BCUT2D eigenvalue weighted by Gasteiger charge is 2.29. The van der Waals surface area contributed by atoms with Crippen LogP contribution in [-0.2, 0) is 9.84 Å². The predicted molar refractivity (Wildman–Crippen MR) is 108 cm³/mol. The third-order valence-electron chi connectivity index (χ3n) is 4.38. The highest BCUT2D eigenvalue weighted by molar-refractivity contribution is 7.91. The minimum atomic E-state index is -3.97. The quantitative estimate of drug-likeness (QED) is 0.615. The first kappa shape index (κ1) is 19.1. The Labute approximate surface area is 168 Å². The van der Waals surface area contributed by atoms with Crippen LogP contribution in [0, 0.1) is 6.92 Å². The van der Waals surface area contributed by atoms with Crippen molar-refractivity contribution in [3.8, 4) is 23.0 Å². The van der Waals surface area contributed by atoms with Crippen molar-refractivity contribution in [2.45, 2.75) is 16.8 Å². The summed E-state index contributed by atoms with van der Waals surface area (Å²) in [6.07, 6.45) is 1.61. The average Bonchev–Trinajstić information content (AvgIpc) is 3.17. The first-order valence-electron chi connectivity index (χ1n) is 9.06. The minimum absolute atomic E-state index is 0.0483. The topological polar surface area (TPSA) is 90.7 Å². The van der Waals surface area contributed by atoms with Crippen molar-refractivity contribution in [2.75, 3.05) is 25.1 Å². The van der Waals surface area contributed by atoms with E-state index in [9.17, 15) is 8.42 Å². The van der Waals surface area contributed by atoms with E-state index in [2.05, 4.69) is 16.9 Å². The van der Waals surface area contributed by atoms with Crippen LogP contribution in [0.25, 0.3) is 11.5 Å². The van der Waals surface area contributed by atoms with Gasteiger partial charge in [-0.05, 0) is 31.2 Å². The van der Waals surface area contributed by atoms with Gasteiger partial charge in [0.1, 0.15) is 13.2 Å². The highest BCUT2D eigenvalue weighted by atomic mass is 32.2. The van der Waals surface area contributed by atoms with E-state index >= 15 is 0 Å². The Bertz CT molecular complexity index is 1150. The van der Waals surface area contributed by atoms with Crippen LogP contribution in [0.3, 0.4) is 0 Å². The summed E-state index contributed by atoms with van der Waals surface area (Å²) >= 11 is 0. The molecule has 3 aromatic rings. The highest BCUT2D eigenvalue weighted by Crippen LogP contribution is 2.37. The van der Waals surface area contributed by atoms with Crippen LogP contribution in [0.2, 0.25) is 0 Å². The molecule has 0 spiro atoms. The number of aryl methyl sites for hydroxylation is 1. The molecule has 1 aromatic heterocycles. The van der Waals surface area contributed by atoms with Crippen molar-refractivity contribution >= 4 is 15.7 Å². The maximum atomic E-state index is 13.3. The molecule has 8 heteroatoms. The van der Waals surface area contributed by atoms with Crippen molar-refractivity contribution in [1.29, 1.82) is 0 Å². The number of hydrogen-bond acceptors (Lipinski definition) is 7. The maximum Gasteiger partial charge on any atom is 0.234 e. The fourth-order valence-electron chi connectivity index (χ4n) is 2.89. The Morgan fingerprint density at radius 3 is 2.55 bits per heavy atom. The molecule has 0 saturated carbocycles. The first-order chi connectivity index (χ1) is 14.0. The lowest BCUT2D eigenvalue weighted by Gasteiger charge is -2.18. The largest absolute Gasteiger partial charge is 0.486 e. The number of benzene rings is 2. The van der Waals surface area contributed by atoms with Gasteiger partial charge in [-0.2, -0.15) is 4.98 Å². The fraction of sp³-hybridized carbons (Fsp3) is 0.190. The molecule has 1 N–H and O–H groups in total. The van der Waals surface area contributed by atoms with E-state index in [1.54, 1.807) is 12.1 Å². The molecule has 0 saturated heterocycles. The summed E-state index contributed by atoms with van der Waals surface area (Å²) in [6.45, 7) is 6.73. The molecule has 0 aliphatic carbocycles. The molecule has 0 atom stereocenters. The molecular formula is C21H20N2O5S. The molecule has 0 bridgehead atoms. The van der Waals surface area contributed by atoms with E-state index in [-0.39, 0.29) is 21.7 Å². The second-order valence-electron chi connectivity index (χ2n) is 6.50. The van der Waals surface area contributed by atoms with Crippen LogP contribution >= 0.6 is 0 Å². The van der Waals surface area contributed by atoms with Crippen LogP contribution in [0.1, 0.15) is 5.56 Å². The number of oxazole rings is 1. The molecule has 150 valence electrons. The number of nitrogens with one attached hydrogen (secondary N) is 1. The van der Waals surface area contributed by atoms with Crippen molar-refractivity contribution in [1.82, 2.24) is 4.98 Å². The summed E-state index contributed by atoms with van der Waals surface area (Å²) < 4.78 is 43.4. The van der Waals surface area contributed by atoms with Crippen LogP contribution in [-0.4, -0.2) is 33.2 Å². The van der Waals surface area contributed by atoms with E-state index in [1.807, 2.05) is 31.2 Å². The first-order valence-corrected chi connectivity index (χ1v) is 10.5. The molecule has 0 fully saturated rings. The number of sulfone groups is 1. The predicted octanol–water partition coefficient (Wildman–Crippen LogP) is 3.85. The van der Waals surface area contributed by atoms with Gasteiger partial charge in [0.15, 0.2) is 11.5 Å². The zero-order valence-electron chi connectivity index (χ0n) is 15.8. The number of anilines is 1. The molecule has 4 rings (SSSR count). The van der Waals surface area contributed by atoms with Gasteiger partial charge in [-0.25, -0.2) is 8.42 Å². The fourth-order valence-corrected chi connectivity index (χ4v) is 4.18. The average molecular weight is 412 g/mol. The second kappa shape index (κ2) is 7.63. The van der Waals surface area contributed by atoms with E-state index in [0.717, 1.165) is 5.56 Å². The third-order valence-corrected chi connectivity index (χ3v) is 6.04. The maximum absolute atomic E-state index is 13.3. The zero-order valence-corrected chi connectivity index (χ0v) is 16.7. The zero-order chi connectivity index (χ0) is 20.4. The molecule has 0 amide bonds. The van der Waals surface area contributed by atoms with Gasteiger partial charge in [0.05, 0.1) is 4.90 Å². The Morgan fingerprint density at radius 1 is 1.10 bits per heavy atom. The van der Waals surface area contributed by atoms with Crippen molar-refractivity contribution in [3.63, 3.8) is 0 Å². The molecule has 2 aromatic carbocycles. The Balaban J connectivity index is 1.79. The van der Waals surface area contributed by atoms with Crippen LogP contribution in [0.15, 0.2) is 69.5 Å². The smallest absolute Gasteiger partial charge is 0.234 e. The number of nitrogens with zero attached hydrogens (tertiary/aromatic N) is 1. The van der Waals surface area contributed by atoms with Crippen LogP contribution < -0.4 is 14.8 Å². The number of hydrogen-bond donors (Lipinski definition) is 1. The van der Waals surface area contributed by atoms with E-state index in [0.29, 0.717) is 36.8 Å². The number of aromatic nitrogens is 1. The molecule has 7 nitrogen and oxygen atoms in total. The standard InChI is InChI=1S/C21H20N2O5S/c1-3-10-22-20-21(23-19(28-20)15-6-4-14(2)5-7-15)29(24,25)16-8-9-17-18(13-16)27-12-11-26-17/h3-9,13,22H,1,10-12H2,2H3. The van der Waals surface area contributed by atoms with E-state index in [1.165, 1.54) is 12.1 Å². The van der Waals surface area contributed by atoms with Gasteiger partial charge in [0.25, 0.3) is 0 Å². The number of ether oxygens (including phenoxy) is 2. The Kier molecular flexibility index (Phi) is 5.02. The molecule has 0 unspecified atom stereocenters. The minimum Gasteiger partial charge on any atom is -0.486 e. The summed E-state index contributed by atoms with van der Waals surface area (Å²) in [7, 11) is -3.97. The molecule has 29 heavy (non-hydrogen) atoms. The van der Waals surface area contributed by atoms with Gasteiger partial charge < -0.3 is 19.2 Å². The Hall–Kier alpha value is -3.26. The van der Waals surface area contributed by atoms with Crippen molar-refractivity contribution in [3.05, 3.63) is 60.7 Å². The number of fused-ring (bicyclic) bond motifs is 1. The van der Waals surface area contributed by atoms with E-state index in [4.69, 9.17) is 13.9 Å². The lowest BCUT2D eigenvalue weighted by molar-refractivity contribution is 0.171. The summed E-state index contributed by atoms with van der Waals surface area (Å²) in [4.78, 5) is 4.35. The molecule has 0 radical (unpaired) electrons. The second-order valence-corrected chi connectivity index (χ2v) is 8.36. The SMILES string of the molecule is C=CCNc1oc(-c2ccc(C)cc2)nc1S(=O)(=O)c1ccc2c(c1)OCCO2. The lowest BCUT2D eigenvalue weighted by atomic mass is 10.1.